The molecule has 0 amide bonds. The molecule has 0 saturated carbocycles. The zero-order chi connectivity index (χ0) is 25.5. The van der Waals surface area contributed by atoms with E-state index in [2.05, 4.69) is 9.71 Å². The molecule has 0 fully saturated rings. The Kier molecular flexibility index (Phi) is 7.92. The van der Waals surface area contributed by atoms with Crippen LogP contribution >= 0.6 is 0 Å². The van der Waals surface area contributed by atoms with Crippen LogP contribution in [0.25, 0.3) is 22.0 Å². The highest BCUT2D eigenvalue weighted by Crippen LogP contribution is 2.38. The molecule has 0 aliphatic heterocycles. The molecule has 4 aromatic rings. The van der Waals surface area contributed by atoms with Crippen molar-refractivity contribution in [1.82, 2.24) is 9.71 Å². The summed E-state index contributed by atoms with van der Waals surface area (Å²) in [5, 5.41) is 12.9. The smallest absolute Gasteiger partial charge is 0.299 e. The van der Waals surface area contributed by atoms with Gasteiger partial charge in [-0.25, -0.2) is 18.1 Å². The first kappa shape index (κ1) is 25.3. The Bertz CT molecular complexity index is 1460. The van der Waals surface area contributed by atoms with E-state index in [-0.39, 0.29) is 22.1 Å². The van der Waals surface area contributed by atoms with Crippen molar-refractivity contribution in [3.63, 3.8) is 0 Å². The van der Waals surface area contributed by atoms with Gasteiger partial charge in [-0.3, -0.25) is 10.1 Å². The molecule has 0 aliphatic carbocycles. The Morgan fingerprint density at radius 1 is 0.917 bits per heavy atom. The predicted octanol–water partition coefficient (Wildman–Crippen LogP) is 5.51. The standard InChI is InChI=1S/C27H27N3O5S/c1-35-21-15-17-22(18-16-21)36(33,34)28-19-9-3-6-14-25-27(30(31)32)26(20-10-4-2-5-11-20)23-12-7-8-13-24(23)29-25/h2,4-5,7-8,10-13,15-18,28H,3,6,9,14,19H2,1H3. The highest BCUT2D eigenvalue weighted by Gasteiger charge is 2.25. The zero-order valence-corrected chi connectivity index (χ0v) is 20.7. The second-order valence-corrected chi connectivity index (χ2v) is 10.1. The Balaban J connectivity index is 1.44. The van der Waals surface area contributed by atoms with Crippen LogP contribution in [-0.4, -0.2) is 32.0 Å². The molecule has 0 atom stereocenters. The number of benzene rings is 3. The monoisotopic (exact) mass is 505 g/mol. The molecule has 0 spiro atoms. The number of methoxy groups -OCH3 is 1. The van der Waals surface area contributed by atoms with Crippen molar-refractivity contribution in [1.29, 1.82) is 0 Å². The van der Waals surface area contributed by atoms with Gasteiger partial charge in [0.05, 0.1) is 28.0 Å². The molecule has 4 rings (SSSR count). The van der Waals surface area contributed by atoms with Gasteiger partial charge in [0.15, 0.2) is 0 Å². The van der Waals surface area contributed by atoms with E-state index in [1.165, 1.54) is 19.2 Å². The lowest BCUT2D eigenvalue weighted by Crippen LogP contribution is -2.24. The minimum absolute atomic E-state index is 0.0279. The predicted molar refractivity (Wildman–Crippen MR) is 140 cm³/mol. The Morgan fingerprint density at radius 3 is 2.31 bits per heavy atom. The molecule has 8 nitrogen and oxygen atoms in total. The van der Waals surface area contributed by atoms with Gasteiger partial charge in [0.1, 0.15) is 11.4 Å². The van der Waals surface area contributed by atoms with Crippen molar-refractivity contribution in [2.75, 3.05) is 13.7 Å². The van der Waals surface area contributed by atoms with Gasteiger partial charge in [-0.2, -0.15) is 0 Å². The number of rotatable bonds is 11. The first-order valence-corrected chi connectivity index (χ1v) is 13.1. The van der Waals surface area contributed by atoms with Crippen LogP contribution < -0.4 is 9.46 Å². The molecule has 9 heteroatoms. The molecule has 36 heavy (non-hydrogen) atoms. The number of nitro groups is 1. The summed E-state index contributed by atoms with van der Waals surface area (Å²) < 4.78 is 32.6. The molecule has 0 bridgehead atoms. The molecule has 1 aromatic heterocycles. The molecule has 1 N–H and O–H groups in total. The number of sulfonamides is 1. The summed E-state index contributed by atoms with van der Waals surface area (Å²) in [6.07, 6.45) is 2.36. The second-order valence-electron chi connectivity index (χ2n) is 8.31. The largest absolute Gasteiger partial charge is 0.497 e. The van der Waals surface area contributed by atoms with Crippen molar-refractivity contribution < 1.29 is 18.1 Å². The molecule has 0 aliphatic rings. The second kappa shape index (κ2) is 11.3. The summed E-state index contributed by atoms with van der Waals surface area (Å²) in [6, 6.07) is 23.0. The van der Waals surface area contributed by atoms with Crippen molar-refractivity contribution in [2.24, 2.45) is 0 Å². The van der Waals surface area contributed by atoms with E-state index < -0.39 is 10.0 Å². The van der Waals surface area contributed by atoms with Gasteiger partial charge < -0.3 is 4.74 Å². The van der Waals surface area contributed by atoms with E-state index in [0.29, 0.717) is 48.2 Å². The molecule has 1 heterocycles. The van der Waals surface area contributed by atoms with Crippen LogP contribution in [0, 0.1) is 10.1 Å². The fourth-order valence-electron chi connectivity index (χ4n) is 4.16. The average molecular weight is 506 g/mol. The molecule has 0 radical (unpaired) electrons. The van der Waals surface area contributed by atoms with E-state index in [0.717, 1.165) is 10.9 Å². The number of fused-ring (bicyclic) bond motifs is 1. The van der Waals surface area contributed by atoms with Gasteiger partial charge in [0.2, 0.25) is 10.0 Å². The van der Waals surface area contributed by atoms with Crippen molar-refractivity contribution in [2.45, 2.75) is 30.6 Å². The van der Waals surface area contributed by atoms with Gasteiger partial charge in [-0.15, -0.1) is 0 Å². The lowest BCUT2D eigenvalue weighted by atomic mass is 9.96. The summed E-state index contributed by atoms with van der Waals surface area (Å²) in [5.41, 5.74) is 2.53. The van der Waals surface area contributed by atoms with Crippen LogP contribution in [-0.2, 0) is 16.4 Å². The maximum atomic E-state index is 12.5. The normalized spacial score (nSPS) is 11.5. The van der Waals surface area contributed by atoms with Crippen LogP contribution in [0.15, 0.2) is 83.8 Å². The van der Waals surface area contributed by atoms with Gasteiger partial charge in [-0.05, 0) is 55.2 Å². The number of nitrogens with one attached hydrogen (secondary N) is 1. The maximum Gasteiger partial charge on any atom is 0.299 e. The van der Waals surface area contributed by atoms with E-state index in [4.69, 9.17) is 4.74 Å². The summed E-state index contributed by atoms with van der Waals surface area (Å²) in [7, 11) is -2.09. The fourth-order valence-corrected chi connectivity index (χ4v) is 5.23. The summed E-state index contributed by atoms with van der Waals surface area (Å²) >= 11 is 0. The lowest BCUT2D eigenvalue weighted by molar-refractivity contribution is -0.385. The number of hydrogen-bond acceptors (Lipinski definition) is 6. The van der Waals surface area contributed by atoms with Crippen molar-refractivity contribution >= 4 is 26.6 Å². The third-order valence-electron chi connectivity index (χ3n) is 5.94. The van der Waals surface area contributed by atoms with Gasteiger partial charge >= 0.3 is 0 Å². The van der Waals surface area contributed by atoms with Crippen LogP contribution in [0.5, 0.6) is 5.75 Å². The quantitative estimate of drug-likeness (QED) is 0.163. The van der Waals surface area contributed by atoms with E-state index in [1.54, 1.807) is 12.1 Å². The van der Waals surface area contributed by atoms with Gasteiger partial charge in [-0.1, -0.05) is 55.0 Å². The topological polar surface area (TPSA) is 111 Å². The Hall–Kier alpha value is -3.82. The molecule has 0 unspecified atom stereocenters. The minimum Gasteiger partial charge on any atom is -0.497 e. The number of ether oxygens (including phenoxy) is 1. The van der Waals surface area contributed by atoms with E-state index >= 15 is 0 Å². The van der Waals surface area contributed by atoms with Gasteiger partial charge in [0.25, 0.3) is 5.69 Å². The summed E-state index contributed by atoms with van der Waals surface area (Å²) in [6.45, 7) is 0.275. The molecular weight excluding hydrogens is 478 g/mol. The Morgan fingerprint density at radius 2 is 1.61 bits per heavy atom. The lowest BCUT2D eigenvalue weighted by Gasteiger charge is -2.12. The van der Waals surface area contributed by atoms with Gasteiger partial charge in [0, 0.05) is 11.9 Å². The third kappa shape index (κ3) is 5.69. The number of unbranched alkanes of at least 4 members (excludes halogenated alkanes) is 2. The number of para-hydroxylation sites is 1. The third-order valence-corrected chi connectivity index (χ3v) is 7.41. The summed E-state index contributed by atoms with van der Waals surface area (Å²) in [4.78, 5) is 16.6. The Labute approximate surface area is 210 Å². The highest BCUT2D eigenvalue weighted by atomic mass is 32.2. The van der Waals surface area contributed by atoms with Crippen LogP contribution in [0.2, 0.25) is 0 Å². The molecular formula is C27H27N3O5S. The summed E-state index contributed by atoms with van der Waals surface area (Å²) in [5.74, 6) is 0.584. The van der Waals surface area contributed by atoms with Crippen molar-refractivity contribution in [3.8, 4) is 16.9 Å². The molecule has 186 valence electrons. The average Bonchev–Trinajstić information content (AvgIpc) is 2.90. The number of aromatic nitrogens is 1. The maximum absolute atomic E-state index is 12.5. The molecule has 0 saturated heterocycles. The van der Waals surface area contributed by atoms with Crippen LogP contribution in [0.4, 0.5) is 5.69 Å². The highest BCUT2D eigenvalue weighted by molar-refractivity contribution is 7.89. The number of aryl methyl sites for hydroxylation is 1. The minimum atomic E-state index is -3.61. The molecule has 3 aromatic carbocycles. The number of nitrogens with zero attached hydrogens (tertiary/aromatic N) is 2. The zero-order valence-electron chi connectivity index (χ0n) is 19.9. The number of pyridine rings is 1. The number of hydrogen-bond donors (Lipinski definition) is 1. The fraction of sp³-hybridized carbons (Fsp3) is 0.222. The van der Waals surface area contributed by atoms with Crippen molar-refractivity contribution in [3.05, 3.63) is 94.7 Å². The van der Waals surface area contributed by atoms with Crippen LogP contribution in [0.3, 0.4) is 0 Å². The first-order valence-electron chi connectivity index (χ1n) is 11.7. The van der Waals surface area contributed by atoms with E-state index in [9.17, 15) is 18.5 Å². The van der Waals surface area contributed by atoms with E-state index in [1.807, 2.05) is 54.6 Å². The van der Waals surface area contributed by atoms with Crippen LogP contribution in [0.1, 0.15) is 25.0 Å². The SMILES string of the molecule is COc1ccc(S(=O)(=O)NCCCCCc2nc3ccccc3c(-c3ccccc3)c2[N+](=O)[O-])cc1. The first-order chi connectivity index (χ1) is 17.4.